The summed E-state index contributed by atoms with van der Waals surface area (Å²) in [6.07, 6.45) is 0. The van der Waals surface area contributed by atoms with Crippen molar-refractivity contribution in [3.8, 4) is 0 Å². The monoisotopic (exact) mass is 263 g/mol. The number of hydrogen-bond donors (Lipinski definition) is 2. The Kier molecular flexibility index (Phi) is 5.10. The topological polar surface area (TPSA) is 66.4 Å². The predicted octanol–water partition coefficient (Wildman–Crippen LogP) is 2.71. The van der Waals surface area contributed by atoms with Gasteiger partial charge in [-0.3, -0.25) is 4.79 Å². The zero-order chi connectivity index (χ0) is 14.6. The summed E-state index contributed by atoms with van der Waals surface area (Å²) in [6, 6.07) is 6.33. The standard InChI is InChI=1S/C15H21NO3/c1-9(2)11-5-7-12(8-6-11)13(15(18)19)16-14(17)10(3)4/h5-10,13H,1-4H3,(H,16,17)(H,18,19). The van der Waals surface area contributed by atoms with E-state index in [1.807, 2.05) is 12.1 Å². The summed E-state index contributed by atoms with van der Waals surface area (Å²) < 4.78 is 0. The molecule has 0 bridgehead atoms. The van der Waals surface area contributed by atoms with Gasteiger partial charge in [0.25, 0.3) is 0 Å². The fourth-order valence-corrected chi connectivity index (χ4v) is 1.67. The molecule has 1 amide bonds. The lowest BCUT2D eigenvalue weighted by atomic mass is 9.99. The second kappa shape index (κ2) is 6.36. The number of aliphatic carboxylic acids is 1. The molecule has 2 N–H and O–H groups in total. The van der Waals surface area contributed by atoms with Crippen LogP contribution in [0, 0.1) is 5.92 Å². The smallest absolute Gasteiger partial charge is 0.330 e. The fourth-order valence-electron chi connectivity index (χ4n) is 1.67. The second-order valence-electron chi connectivity index (χ2n) is 5.26. The minimum atomic E-state index is -1.05. The number of hydrogen-bond acceptors (Lipinski definition) is 2. The molecule has 104 valence electrons. The number of carboxylic acid groups (broad SMARTS) is 1. The van der Waals surface area contributed by atoms with E-state index in [1.165, 1.54) is 0 Å². The summed E-state index contributed by atoms with van der Waals surface area (Å²) in [4.78, 5) is 22.9. The Bertz CT molecular complexity index is 449. The molecular weight excluding hydrogens is 242 g/mol. The van der Waals surface area contributed by atoms with Gasteiger partial charge in [-0.05, 0) is 17.0 Å². The maximum absolute atomic E-state index is 11.6. The largest absolute Gasteiger partial charge is 0.479 e. The van der Waals surface area contributed by atoms with E-state index in [2.05, 4.69) is 19.2 Å². The number of carboxylic acids is 1. The molecule has 0 aromatic heterocycles. The third kappa shape index (κ3) is 4.09. The van der Waals surface area contributed by atoms with Gasteiger partial charge in [0, 0.05) is 5.92 Å². The van der Waals surface area contributed by atoms with Crippen LogP contribution in [0.4, 0.5) is 0 Å². The molecule has 0 radical (unpaired) electrons. The quantitative estimate of drug-likeness (QED) is 0.858. The Balaban J connectivity index is 2.93. The Labute approximate surface area is 113 Å². The highest BCUT2D eigenvalue weighted by atomic mass is 16.4. The van der Waals surface area contributed by atoms with Gasteiger partial charge in [-0.15, -0.1) is 0 Å². The first-order chi connectivity index (χ1) is 8.82. The van der Waals surface area contributed by atoms with Gasteiger partial charge in [-0.2, -0.15) is 0 Å². The highest BCUT2D eigenvalue weighted by Crippen LogP contribution is 2.19. The maximum atomic E-state index is 11.6. The van der Waals surface area contributed by atoms with Gasteiger partial charge in [0.05, 0.1) is 0 Å². The molecule has 1 aromatic rings. The molecule has 0 aliphatic rings. The highest BCUT2D eigenvalue weighted by molar-refractivity contribution is 5.85. The van der Waals surface area contributed by atoms with Gasteiger partial charge < -0.3 is 10.4 Å². The number of rotatable bonds is 5. The minimum absolute atomic E-state index is 0.239. The van der Waals surface area contributed by atoms with Gasteiger partial charge in [0.15, 0.2) is 6.04 Å². The molecule has 0 saturated heterocycles. The molecule has 0 aliphatic heterocycles. The van der Waals surface area contributed by atoms with Crippen LogP contribution in [0.25, 0.3) is 0 Å². The lowest BCUT2D eigenvalue weighted by Crippen LogP contribution is -2.36. The molecule has 1 unspecified atom stereocenters. The van der Waals surface area contributed by atoms with Crippen molar-refractivity contribution in [2.75, 3.05) is 0 Å². The van der Waals surface area contributed by atoms with Crippen LogP contribution in [0.1, 0.15) is 50.8 Å². The third-order valence-corrected chi connectivity index (χ3v) is 2.99. The lowest BCUT2D eigenvalue weighted by molar-refractivity contribution is -0.142. The third-order valence-electron chi connectivity index (χ3n) is 2.99. The lowest BCUT2D eigenvalue weighted by Gasteiger charge is -2.17. The van der Waals surface area contributed by atoms with Crippen molar-refractivity contribution in [3.63, 3.8) is 0 Å². The van der Waals surface area contributed by atoms with Crippen LogP contribution in [0.15, 0.2) is 24.3 Å². The highest BCUT2D eigenvalue weighted by Gasteiger charge is 2.23. The van der Waals surface area contributed by atoms with Gasteiger partial charge in [0.2, 0.25) is 5.91 Å². The van der Waals surface area contributed by atoms with Crippen molar-refractivity contribution in [1.82, 2.24) is 5.32 Å². The van der Waals surface area contributed by atoms with Gasteiger partial charge in [0.1, 0.15) is 0 Å². The van der Waals surface area contributed by atoms with Crippen LogP contribution in [0.2, 0.25) is 0 Å². The summed E-state index contributed by atoms with van der Waals surface area (Å²) in [5.41, 5.74) is 1.73. The molecule has 4 heteroatoms. The number of benzene rings is 1. The van der Waals surface area contributed by atoms with Crippen LogP contribution in [-0.2, 0) is 9.59 Å². The van der Waals surface area contributed by atoms with E-state index in [9.17, 15) is 14.7 Å². The first-order valence-corrected chi connectivity index (χ1v) is 6.46. The van der Waals surface area contributed by atoms with Crippen molar-refractivity contribution < 1.29 is 14.7 Å². The SMILES string of the molecule is CC(C)C(=O)NC(C(=O)O)c1ccc(C(C)C)cc1. The molecule has 1 aromatic carbocycles. The Morgan fingerprint density at radius 1 is 1.00 bits per heavy atom. The molecule has 0 aliphatic carbocycles. The number of carbonyl (C=O) groups is 2. The number of carbonyl (C=O) groups excluding carboxylic acids is 1. The average Bonchev–Trinajstić information content (AvgIpc) is 2.35. The van der Waals surface area contributed by atoms with Crippen LogP contribution in [0.5, 0.6) is 0 Å². The predicted molar refractivity (Wildman–Crippen MR) is 73.9 cm³/mol. The van der Waals surface area contributed by atoms with Crippen molar-refractivity contribution in [2.45, 2.75) is 39.7 Å². The van der Waals surface area contributed by atoms with E-state index < -0.39 is 12.0 Å². The van der Waals surface area contributed by atoms with Crippen molar-refractivity contribution in [3.05, 3.63) is 35.4 Å². The Morgan fingerprint density at radius 3 is 1.84 bits per heavy atom. The summed E-state index contributed by atoms with van der Waals surface area (Å²) >= 11 is 0. The molecule has 0 fully saturated rings. The Morgan fingerprint density at radius 2 is 1.47 bits per heavy atom. The maximum Gasteiger partial charge on any atom is 0.330 e. The first kappa shape index (κ1) is 15.2. The molecule has 1 rings (SSSR count). The van der Waals surface area contributed by atoms with Crippen LogP contribution >= 0.6 is 0 Å². The van der Waals surface area contributed by atoms with E-state index in [4.69, 9.17) is 0 Å². The minimum Gasteiger partial charge on any atom is -0.479 e. The molecule has 0 spiro atoms. The van der Waals surface area contributed by atoms with Crippen LogP contribution in [-0.4, -0.2) is 17.0 Å². The van der Waals surface area contributed by atoms with E-state index in [0.717, 1.165) is 5.56 Å². The summed E-state index contributed by atoms with van der Waals surface area (Å²) in [5.74, 6) is -1.16. The number of nitrogens with one attached hydrogen (secondary N) is 1. The molecular formula is C15H21NO3. The summed E-state index contributed by atoms with van der Waals surface area (Å²) in [7, 11) is 0. The summed E-state index contributed by atoms with van der Waals surface area (Å²) in [6.45, 7) is 7.61. The second-order valence-corrected chi connectivity index (χ2v) is 5.26. The first-order valence-electron chi connectivity index (χ1n) is 6.46. The molecule has 19 heavy (non-hydrogen) atoms. The molecule has 1 atom stereocenters. The average molecular weight is 263 g/mol. The van der Waals surface area contributed by atoms with E-state index in [0.29, 0.717) is 11.5 Å². The van der Waals surface area contributed by atoms with E-state index in [-0.39, 0.29) is 11.8 Å². The zero-order valence-electron chi connectivity index (χ0n) is 11.8. The fraction of sp³-hybridized carbons (Fsp3) is 0.467. The van der Waals surface area contributed by atoms with E-state index >= 15 is 0 Å². The van der Waals surface area contributed by atoms with Gasteiger partial charge in [-0.25, -0.2) is 4.79 Å². The van der Waals surface area contributed by atoms with Crippen LogP contribution < -0.4 is 5.32 Å². The van der Waals surface area contributed by atoms with Crippen molar-refractivity contribution in [1.29, 1.82) is 0 Å². The molecule has 4 nitrogen and oxygen atoms in total. The summed E-state index contributed by atoms with van der Waals surface area (Å²) in [5, 5.41) is 11.8. The van der Waals surface area contributed by atoms with Gasteiger partial charge in [-0.1, -0.05) is 52.0 Å². The normalized spacial score (nSPS) is 12.5. The van der Waals surface area contributed by atoms with Crippen LogP contribution in [0.3, 0.4) is 0 Å². The van der Waals surface area contributed by atoms with Crippen molar-refractivity contribution in [2.24, 2.45) is 5.92 Å². The number of amides is 1. The van der Waals surface area contributed by atoms with E-state index in [1.54, 1.807) is 26.0 Å². The zero-order valence-corrected chi connectivity index (χ0v) is 11.8. The Hall–Kier alpha value is -1.84. The van der Waals surface area contributed by atoms with Crippen molar-refractivity contribution >= 4 is 11.9 Å². The van der Waals surface area contributed by atoms with Gasteiger partial charge >= 0.3 is 5.97 Å². The molecule has 0 saturated carbocycles. The molecule has 0 heterocycles.